The van der Waals surface area contributed by atoms with Crippen LogP contribution >= 0.6 is 0 Å². The van der Waals surface area contributed by atoms with Gasteiger partial charge in [0.15, 0.2) is 0 Å². The molecule has 1 aliphatic heterocycles. The maximum Gasteiger partial charge on any atom is 0.335 e. The van der Waals surface area contributed by atoms with E-state index in [4.69, 9.17) is 5.11 Å². The van der Waals surface area contributed by atoms with Crippen LogP contribution in [0.4, 0.5) is 4.39 Å². The zero-order valence-electron chi connectivity index (χ0n) is 10.8. The summed E-state index contributed by atoms with van der Waals surface area (Å²) in [5, 5.41) is 8.88. The summed E-state index contributed by atoms with van der Waals surface area (Å²) in [5.41, 5.74) is 0.629. The minimum absolute atomic E-state index is 0.194. The molecule has 5 nitrogen and oxygen atoms in total. The fourth-order valence-electron chi connectivity index (χ4n) is 2.06. The van der Waals surface area contributed by atoms with Crippen LogP contribution in [0.1, 0.15) is 23.7 Å². The summed E-state index contributed by atoms with van der Waals surface area (Å²) < 4.78 is 39.7. The van der Waals surface area contributed by atoms with Gasteiger partial charge in [0.05, 0.1) is 5.56 Å². The zero-order valence-corrected chi connectivity index (χ0v) is 11.7. The molecule has 0 bridgehead atoms. The van der Waals surface area contributed by atoms with Gasteiger partial charge in [0, 0.05) is 13.1 Å². The van der Waals surface area contributed by atoms with Crippen LogP contribution in [0, 0.1) is 5.82 Å². The van der Waals surface area contributed by atoms with E-state index in [1.54, 1.807) is 6.92 Å². The lowest BCUT2D eigenvalue weighted by Crippen LogP contribution is -2.36. The summed E-state index contributed by atoms with van der Waals surface area (Å²) in [6.07, 6.45) is 2.49. The quantitative estimate of drug-likeness (QED) is 0.865. The van der Waals surface area contributed by atoms with Crippen molar-refractivity contribution in [2.45, 2.75) is 18.2 Å². The molecule has 0 radical (unpaired) electrons. The fraction of sp³-hybridized carbons (Fsp3) is 0.308. The molecule has 2 rings (SSSR count). The summed E-state index contributed by atoms with van der Waals surface area (Å²) in [5.74, 6) is -2.24. The molecule has 0 fully saturated rings. The van der Waals surface area contributed by atoms with Gasteiger partial charge in [-0.15, -0.1) is 0 Å². The van der Waals surface area contributed by atoms with Crippen molar-refractivity contribution in [2.75, 3.05) is 13.1 Å². The second kappa shape index (κ2) is 5.34. The Morgan fingerprint density at radius 1 is 1.40 bits per heavy atom. The number of benzene rings is 1. The lowest BCUT2D eigenvalue weighted by molar-refractivity contribution is 0.0696. The van der Waals surface area contributed by atoms with Crippen LogP contribution in [-0.4, -0.2) is 36.9 Å². The topological polar surface area (TPSA) is 74.7 Å². The summed E-state index contributed by atoms with van der Waals surface area (Å²) in [7, 11) is -4.03. The number of carboxylic acid groups (broad SMARTS) is 1. The Bertz CT molecular complexity index is 682. The van der Waals surface area contributed by atoms with Gasteiger partial charge in [-0.1, -0.05) is 11.6 Å². The van der Waals surface area contributed by atoms with Gasteiger partial charge in [0.25, 0.3) is 0 Å². The molecule has 1 heterocycles. The molecule has 0 aromatic heterocycles. The van der Waals surface area contributed by atoms with Crippen molar-refractivity contribution in [1.29, 1.82) is 0 Å². The van der Waals surface area contributed by atoms with Crippen molar-refractivity contribution in [3.63, 3.8) is 0 Å². The Balaban J connectivity index is 2.46. The van der Waals surface area contributed by atoms with Crippen molar-refractivity contribution in [3.8, 4) is 0 Å². The van der Waals surface area contributed by atoms with Crippen LogP contribution < -0.4 is 0 Å². The molecule has 0 spiro atoms. The molecule has 108 valence electrons. The van der Waals surface area contributed by atoms with Crippen molar-refractivity contribution in [2.24, 2.45) is 0 Å². The minimum Gasteiger partial charge on any atom is -0.478 e. The van der Waals surface area contributed by atoms with E-state index >= 15 is 0 Å². The highest BCUT2D eigenvalue weighted by Gasteiger charge is 2.29. The summed E-state index contributed by atoms with van der Waals surface area (Å²) in [4.78, 5) is 10.3. The van der Waals surface area contributed by atoms with Gasteiger partial charge in [-0.25, -0.2) is 17.6 Å². The summed E-state index contributed by atoms with van der Waals surface area (Å²) in [6, 6.07) is 2.77. The van der Waals surface area contributed by atoms with E-state index in [9.17, 15) is 17.6 Å². The molecule has 0 saturated heterocycles. The number of aromatic carboxylic acids is 1. The van der Waals surface area contributed by atoms with Gasteiger partial charge >= 0.3 is 5.97 Å². The third-order valence-corrected chi connectivity index (χ3v) is 4.95. The highest BCUT2D eigenvalue weighted by Crippen LogP contribution is 2.23. The average molecular weight is 299 g/mol. The van der Waals surface area contributed by atoms with Crippen molar-refractivity contribution < 1.29 is 22.7 Å². The minimum atomic E-state index is -4.03. The van der Waals surface area contributed by atoms with Gasteiger partial charge in [0.1, 0.15) is 10.7 Å². The number of rotatable bonds is 3. The smallest absolute Gasteiger partial charge is 0.335 e. The van der Waals surface area contributed by atoms with E-state index in [0.717, 1.165) is 28.1 Å². The van der Waals surface area contributed by atoms with Gasteiger partial charge in [-0.3, -0.25) is 0 Å². The lowest BCUT2D eigenvalue weighted by atomic mass is 10.2. The number of hydrogen-bond acceptors (Lipinski definition) is 3. The van der Waals surface area contributed by atoms with E-state index in [2.05, 4.69) is 0 Å². The number of sulfonamides is 1. The largest absolute Gasteiger partial charge is 0.478 e. The normalized spacial score (nSPS) is 16.8. The van der Waals surface area contributed by atoms with Crippen LogP contribution in [0.25, 0.3) is 0 Å². The molecule has 0 unspecified atom stereocenters. The number of hydrogen-bond donors (Lipinski definition) is 1. The molecular formula is C13H14FNO4S. The maximum atomic E-state index is 13.8. The van der Waals surface area contributed by atoms with E-state index < -0.39 is 26.7 Å². The summed E-state index contributed by atoms with van der Waals surface area (Å²) >= 11 is 0. The Morgan fingerprint density at radius 3 is 2.70 bits per heavy atom. The standard InChI is InChI=1S/C13H14FNO4S/c1-9-3-2-6-15(8-9)20(18,19)12-7-10(13(16)17)4-5-11(12)14/h3-5,7H,2,6,8H2,1H3,(H,16,17). The van der Waals surface area contributed by atoms with E-state index in [-0.39, 0.29) is 18.7 Å². The Morgan fingerprint density at radius 2 is 2.10 bits per heavy atom. The predicted octanol–water partition coefficient (Wildman–Crippen LogP) is 1.86. The van der Waals surface area contributed by atoms with Crippen LogP contribution in [0.3, 0.4) is 0 Å². The maximum absolute atomic E-state index is 13.8. The fourth-order valence-corrected chi connectivity index (χ4v) is 3.64. The third kappa shape index (κ3) is 2.73. The molecular weight excluding hydrogens is 285 g/mol. The Labute approximate surface area is 116 Å². The van der Waals surface area contributed by atoms with Crippen LogP contribution in [0.2, 0.25) is 0 Å². The van der Waals surface area contributed by atoms with Crippen molar-refractivity contribution in [3.05, 3.63) is 41.2 Å². The second-order valence-corrected chi connectivity index (χ2v) is 6.53. The summed E-state index contributed by atoms with van der Waals surface area (Å²) in [6.45, 7) is 2.25. The lowest BCUT2D eigenvalue weighted by Gasteiger charge is -2.25. The van der Waals surface area contributed by atoms with Crippen molar-refractivity contribution in [1.82, 2.24) is 4.31 Å². The molecule has 0 atom stereocenters. The molecule has 1 aromatic rings. The molecule has 1 aliphatic rings. The molecule has 0 aliphatic carbocycles. The number of nitrogens with zero attached hydrogens (tertiary/aromatic N) is 1. The number of carbonyl (C=O) groups is 1. The van der Waals surface area contributed by atoms with Crippen molar-refractivity contribution >= 4 is 16.0 Å². The van der Waals surface area contributed by atoms with Gasteiger partial charge in [-0.05, 0) is 31.5 Å². The highest BCUT2D eigenvalue weighted by molar-refractivity contribution is 7.89. The SMILES string of the molecule is CC1=CCCN(S(=O)(=O)c2cc(C(=O)O)ccc2F)C1. The molecule has 0 amide bonds. The average Bonchev–Trinajstić information content (AvgIpc) is 2.38. The van der Waals surface area contributed by atoms with E-state index in [1.807, 2.05) is 6.08 Å². The third-order valence-electron chi connectivity index (χ3n) is 3.09. The van der Waals surface area contributed by atoms with Gasteiger partial charge in [0.2, 0.25) is 10.0 Å². The first-order valence-electron chi connectivity index (χ1n) is 6.01. The monoisotopic (exact) mass is 299 g/mol. The van der Waals surface area contributed by atoms with E-state index in [1.165, 1.54) is 0 Å². The molecule has 0 saturated carbocycles. The van der Waals surface area contributed by atoms with Gasteiger partial charge < -0.3 is 5.11 Å². The first kappa shape index (κ1) is 14.7. The van der Waals surface area contributed by atoms with Gasteiger partial charge in [-0.2, -0.15) is 4.31 Å². The predicted molar refractivity (Wildman–Crippen MR) is 70.5 cm³/mol. The first-order valence-corrected chi connectivity index (χ1v) is 7.45. The zero-order chi connectivity index (χ0) is 14.9. The molecule has 1 N–H and O–H groups in total. The van der Waals surface area contributed by atoms with Crippen LogP contribution in [0.15, 0.2) is 34.7 Å². The second-order valence-electron chi connectivity index (χ2n) is 4.63. The van der Waals surface area contributed by atoms with Crippen LogP contribution in [0.5, 0.6) is 0 Å². The molecule has 1 aromatic carbocycles. The van der Waals surface area contributed by atoms with E-state index in [0.29, 0.717) is 6.42 Å². The Kier molecular flexibility index (Phi) is 3.92. The Hall–Kier alpha value is -1.73. The number of halogens is 1. The highest BCUT2D eigenvalue weighted by atomic mass is 32.2. The first-order chi connectivity index (χ1) is 9.32. The van der Waals surface area contributed by atoms with Crippen LogP contribution in [-0.2, 0) is 10.0 Å². The molecule has 20 heavy (non-hydrogen) atoms. The number of carboxylic acids is 1. The molecule has 7 heteroatoms.